The van der Waals surface area contributed by atoms with Crippen molar-refractivity contribution in [2.45, 2.75) is 13.5 Å². The third-order valence-electron chi connectivity index (χ3n) is 3.58. The molecule has 3 rings (SSSR count). The number of rotatable bonds is 5. The molecule has 0 fully saturated rings. The summed E-state index contributed by atoms with van der Waals surface area (Å²) in [4.78, 5) is 5.31. The topological polar surface area (TPSA) is 21.6 Å². The van der Waals surface area contributed by atoms with Crippen LogP contribution >= 0.6 is 0 Å². The SMILES string of the molecule is Cc1ccc(/[C]=N\OCc2ccc(-c3ccccc3)cc2)cc1. The normalized spacial score (nSPS) is 10.8. The zero-order chi connectivity index (χ0) is 15.9. The smallest absolute Gasteiger partial charge is 0.142 e. The fourth-order valence-corrected chi connectivity index (χ4v) is 2.24. The first-order valence-corrected chi connectivity index (χ1v) is 7.60. The van der Waals surface area contributed by atoms with E-state index in [0.29, 0.717) is 6.61 Å². The van der Waals surface area contributed by atoms with E-state index in [4.69, 9.17) is 4.84 Å². The van der Waals surface area contributed by atoms with E-state index in [-0.39, 0.29) is 0 Å². The first-order chi connectivity index (χ1) is 11.3. The highest BCUT2D eigenvalue weighted by Crippen LogP contribution is 2.19. The van der Waals surface area contributed by atoms with Crippen molar-refractivity contribution < 1.29 is 4.84 Å². The van der Waals surface area contributed by atoms with Gasteiger partial charge in [0.2, 0.25) is 0 Å². The van der Waals surface area contributed by atoms with Crippen molar-refractivity contribution in [2.24, 2.45) is 5.16 Å². The molecule has 0 heterocycles. The van der Waals surface area contributed by atoms with Crippen LogP contribution < -0.4 is 0 Å². The molecule has 0 saturated carbocycles. The van der Waals surface area contributed by atoms with Crippen LogP contribution in [0.3, 0.4) is 0 Å². The summed E-state index contributed by atoms with van der Waals surface area (Å²) >= 11 is 0. The van der Waals surface area contributed by atoms with Gasteiger partial charge in [-0.05, 0) is 23.6 Å². The molecule has 2 heteroatoms. The maximum absolute atomic E-state index is 5.31. The minimum atomic E-state index is 0.438. The number of hydrogen-bond acceptors (Lipinski definition) is 2. The first-order valence-electron chi connectivity index (χ1n) is 7.60. The van der Waals surface area contributed by atoms with Crippen LogP contribution in [0.4, 0.5) is 0 Å². The summed E-state index contributed by atoms with van der Waals surface area (Å²) in [5, 5.41) is 3.90. The zero-order valence-corrected chi connectivity index (χ0v) is 13.1. The predicted octanol–water partition coefficient (Wildman–Crippen LogP) is 5.09. The minimum absolute atomic E-state index is 0.438. The van der Waals surface area contributed by atoms with Crippen LogP contribution in [0.2, 0.25) is 0 Å². The Kier molecular flexibility index (Phi) is 4.85. The second-order valence-corrected chi connectivity index (χ2v) is 5.41. The van der Waals surface area contributed by atoms with Gasteiger partial charge in [0.15, 0.2) is 0 Å². The van der Waals surface area contributed by atoms with Crippen LogP contribution in [0.15, 0.2) is 84.0 Å². The Morgan fingerprint density at radius 3 is 2.13 bits per heavy atom. The number of hydrogen-bond donors (Lipinski definition) is 0. The van der Waals surface area contributed by atoms with Crippen molar-refractivity contribution in [3.63, 3.8) is 0 Å². The molecule has 0 aromatic heterocycles. The average molecular weight is 300 g/mol. The van der Waals surface area contributed by atoms with Crippen molar-refractivity contribution in [1.29, 1.82) is 0 Å². The van der Waals surface area contributed by atoms with Gasteiger partial charge in [0.25, 0.3) is 0 Å². The van der Waals surface area contributed by atoms with Gasteiger partial charge in [0.05, 0.1) is 0 Å². The summed E-state index contributed by atoms with van der Waals surface area (Å²) in [7, 11) is 0. The van der Waals surface area contributed by atoms with Crippen LogP contribution in [-0.4, -0.2) is 6.21 Å². The Morgan fingerprint density at radius 1 is 0.783 bits per heavy atom. The van der Waals surface area contributed by atoms with Crippen molar-refractivity contribution in [2.75, 3.05) is 0 Å². The van der Waals surface area contributed by atoms with Crippen molar-refractivity contribution in [3.05, 3.63) is 95.6 Å². The van der Waals surface area contributed by atoms with Crippen molar-refractivity contribution >= 4 is 6.21 Å². The molecule has 0 N–H and O–H groups in total. The summed E-state index contributed by atoms with van der Waals surface area (Å²) < 4.78 is 0. The van der Waals surface area contributed by atoms with E-state index in [1.165, 1.54) is 16.7 Å². The molecule has 1 radical (unpaired) electrons. The Morgan fingerprint density at radius 2 is 1.43 bits per heavy atom. The summed E-state index contributed by atoms with van der Waals surface area (Å²) in [5.74, 6) is 0. The lowest BCUT2D eigenvalue weighted by Gasteiger charge is -2.03. The van der Waals surface area contributed by atoms with Gasteiger partial charge in [0, 0.05) is 5.56 Å². The standard InChI is InChI=1S/C21H18NO/c1-17-7-9-18(10-8-17)15-22-23-16-19-11-13-21(14-12-19)20-5-3-2-4-6-20/h2-14H,16H2,1H3. The second kappa shape index (κ2) is 7.41. The molecule has 0 aliphatic carbocycles. The molecule has 3 aromatic rings. The Bertz CT molecular complexity index is 759. The zero-order valence-electron chi connectivity index (χ0n) is 13.1. The van der Waals surface area contributed by atoms with E-state index >= 15 is 0 Å². The number of nitrogens with zero attached hydrogens (tertiary/aromatic N) is 1. The molecule has 3 aromatic carbocycles. The Hall–Kier alpha value is -2.87. The maximum Gasteiger partial charge on any atom is 0.142 e. The van der Waals surface area contributed by atoms with Gasteiger partial charge >= 0.3 is 0 Å². The molecule has 113 valence electrons. The van der Waals surface area contributed by atoms with E-state index in [9.17, 15) is 0 Å². The van der Waals surface area contributed by atoms with E-state index < -0.39 is 0 Å². The molecule has 0 atom stereocenters. The van der Waals surface area contributed by atoms with Crippen LogP contribution in [-0.2, 0) is 11.4 Å². The molecule has 0 bridgehead atoms. The molecule has 0 saturated heterocycles. The van der Waals surface area contributed by atoms with Gasteiger partial charge in [-0.2, -0.15) is 0 Å². The molecule has 0 unspecified atom stereocenters. The van der Waals surface area contributed by atoms with E-state index in [1.807, 2.05) is 42.5 Å². The highest BCUT2D eigenvalue weighted by molar-refractivity contribution is 5.79. The summed E-state index contributed by atoms with van der Waals surface area (Å²) in [5.41, 5.74) is 5.62. The van der Waals surface area contributed by atoms with Crippen LogP contribution in [0, 0.1) is 6.92 Å². The van der Waals surface area contributed by atoms with Gasteiger partial charge in [-0.3, -0.25) is 0 Å². The van der Waals surface area contributed by atoms with Gasteiger partial charge in [-0.25, -0.2) is 0 Å². The van der Waals surface area contributed by atoms with Crippen LogP contribution in [0.25, 0.3) is 11.1 Å². The van der Waals surface area contributed by atoms with E-state index in [0.717, 1.165) is 11.1 Å². The third kappa shape index (κ3) is 4.30. The fraction of sp³-hybridized carbons (Fsp3) is 0.0952. The van der Waals surface area contributed by atoms with Gasteiger partial charge in [-0.15, -0.1) is 0 Å². The van der Waals surface area contributed by atoms with E-state index in [1.54, 1.807) is 0 Å². The monoisotopic (exact) mass is 300 g/mol. The molecule has 2 nitrogen and oxygen atoms in total. The average Bonchev–Trinajstić information content (AvgIpc) is 2.62. The van der Waals surface area contributed by atoms with Crippen LogP contribution in [0.5, 0.6) is 0 Å². The minimum Gasteiger partial charge on any atom is -0.390 e. The highest BCUT2D eigenvalue weighted by Gasteiger charge is 1.98. The molecule has 0 aliphatic rings. The quantitative estimate of drug-likeness (QED) is 0.475. The van der Waals surface area contributed by atoms with Crippen molar-refractivity contribution in [3.8, 4) is 11.1 Å². The predicted molar refractivity (Wildman–Crippen MR) is 94.4 cm³/mol. The molecular weight excluding hydrogens is 282 g/mol. The third-order valence-corrected chi connectivity index (χ3v) is 3.58. The lowest BCUT2D eigenvalue weighted by atomic mass is 10.0. The summed E-state index contributed by atoms with van der Waals surface area (Å²) in [6.07, 6.45) is 2.88. The summed E-state index contributed by atoms with van der Waals surface area (Å²) in [6, 6.07) is 26.6. The van der Waals surface area contributed by atoms with Crippen molar-refractivity contribution in [1.82, 2.24) is 0 Å². The fourth-order valence-electron chi connectivity index (χ4n) is 2.24. The van der Waals surface area contributed by atoms with Crippen LogP contribution in [0.1, 0.15) is 16.7 Å². The number of benzene rings is 3. The first kappa shape index (κ1) is 15.0. The molecule has 23 heavy (non-hydrogen) atoms. The molecule has 0 spiro atoms. The second-order valence-electron chi connectivity index (χ2n) is 5.41. The van der Waals surface area contributed by atoms with E-state index in [2.05, 4.69) is 54.7 Å². The number of aryl methyl sites for hydroxylation is 1. The molecule has 0 aliphatic heterocycles. The Balaban J connectivity index is 1.55. The highest BCUT2D eigenvalue weighted by atomic mass is 16.6. The lowest BCUT2D eigenvalue weighted by molar-refractivity contribution is 0.132. The van der Waals surface area contributed by atoms with Gasteiger partial charge < -0.3 is 4.84 Å². The van der Waals surface area contributed by atoms with Gasteiger partial charge in [0.1, 0.15) is 12.8 Å². The Labute approximate surface area is 137 Å². The lowest BCUT2D eigenvalue weighted by Crippen LogP contribution is -1.89. The molecule has 0 amide bonds. The maximum atomic E-state index is 5.31. The molecular formula is C21H18NO. The largest absolute Gasteiger partial charge is 0.390 e. The summed E-state index contributed by atoms with van der Waals surface area (Å²) in [6.45, 7) is 2.49. The van der Waals surface area contributed by atoms with Gasteiger partial charge in [-0.1, -0.05) is 89.6 Å².